The Morgan fingerprint density at radius 2 is 2.07 bits per heavy atom. The molecule has 0 spiro atoms. The highest BCUT2D eigenvalue weighted by Crippen LogP contribution is 2.28. The second kappa shape index (κ2) is 4.18. The normalized spacial score (nSPS) is 15.1. The largest absolute Gasteiger partial charge is 0.354 e. The predicted octanol–water partition coefficient (Wildman–Crippen LogP) is 1.41. The third-order valence-electron chi connectivity index (χ3n) is 2.24. The van der Waals surface area contributed by atoms with Gasteiger partial charge < -0.3 is 10.2 Å². The minimum absolute atomic E-state index is 0.229. The second-order valence-corrected chi connectivity index (χ2v) is 4.28. The summed E-state index contributed by atoms with van der Waals surface area (Å²) in [6, 6.07) is 0. The van der Waals surface area contributed by atoms with Crippen LogP contribution in [0.2, 0.25) is 5.28 Å². The molecule has 1 fully saturated rings. The molecule has 1 saturated carbocycles. The van der Waals surface area contributed by atoms with E-state index in [1.165, 1.54) is 12.8 Å². The van der Waals surface area contributed by atoms with E-state index in [9.17, 15) is 0 Å². The maximum atomic E-state index is 5.80. The molecular formula is C9H14ClN5. The smallest absolute Gasteiger partial charge is 0.230 e. The monoisotopic (exact) mass is 227 g/mol. The van der Waals surface area contributed by atoms with E-state index in [1.54, 1.807) is 4.90 Å². The van der Waals surface area contributed by atoms with E-state index in [0.717, 1.165) is 12.5 Å². The molecule has 5 nitrogen and oxygen atoms in total. The zero-order valence-electron chi connectivity index (χ0n) is 8.87. The highest BCUT2D eigenvalue weighted by atomic mass is 35.5. The Bertz CT molecular complexity index is 350. The number of nitrogens with zero attached hydrogens (tertiary/aromatic N) is 4. The highest BCUT2D eigenvalue weighted by Gasteiger charge is 2.21. The SMILES string of the molecule is CN(C)c1nc(Cl)nc(NCC2CC2)n1. The molecule has 1 aromatic heterocycles. The predicted molar refractivity (Wildman–Crippen MR) is 60.4 cm³/mol. The molecule has 0 radical (unpaired) electrons. The van der Waals surface area contributed by atoms with Gasteiger partial charge in [-0.05, 0) is 30.4 Å². The van der Waals surface area contributed by atoms with Crippen LogP contribution in [-0.4, -0.2) is 35.6 Å². The van der Waals surface area contributed by atoms with Crippen LogP contribution in [0.15, 0.2) is 0 Å². The third-order valence-corrected chi connectivity index (χ3v) is 2.41. The molecule has 0 unspecified atom stereocenters. The lowest BCUT2D eigenvalue weighted by atomic mass is 10.4. The van der Waals surface area contributed by atoms with Gasteiger partial charge in [-0.3, -0.25) is 0 Å². The third kappa shape index (κ3) is 2.92. The van der Waals surface area contributed by atoms with Gasteiger partial charge in [-0.15, -0.1) is 0 Å². The summed E-state index contributed by atoms with van der Waals surface area (Å²) in [6.07, 6.45) is 2.60. The van der Waals surface area contributed by atoms with Crippen LogP contribution in [0.3, 0.4) is 0 Å². The van der Waals surface area contributed by atoms with Crippen molar-refractivity contribution in [2.24, 2.45) is 5.92 Å². The molecule has 0 saturated heterocycles. The molecule has 1 aromatic rings. The van der Waals surface area contributed by atoms with Gasteiger partial charge in [-0.25, -0.2) is 0 Å². The van der Waals surface area contributed by atoms with Gasteiger partial charge in [-0.1, -0.05) is 0 Å². The van der Waals surface area contributed by atoms with Gasteiger partial charge in [0.25, 0.3) is 0 Å². The molecule has 15 heavy (non-hydrogen) atoms. The standard InChI is InChI=1S/C9H14ClN5/c1-15(2)9-13-7(10)12-8(14-9)11-5-6-3-4-6/h6H,3-5H2,1-2H3,(H,11,12,13,14). The molecule has 2 rings (SSSR count). The van der Waals surface area contributed by atoms with Crippen LogP contribution < -0.4 is 10.2 Å². The minimum Gasteiger partial charge on any atom is -0.354 e. The van der Waals surface area contributed by atoms with E-state index >= 15 is 0 Å². The van der Waals surface area contributed by atoms with Gasteiger partial charge in [0.15, 0.2) is 0 Å². The van der Waals surface area contributed by atoms with Crippen molar-refractivity contribution >= 4 is 23.5 Å². The first-order chi connectivity index (χ1) is 7.15. The molecule has 1 heterocycles. The molecule has 0 aromatic carbocycles. The summed E-state index contributed by atoms with van der Waals surface area (Å²) in [6.45, 7) is 0.924. The molecule has 0 bridgehead atoms. The summed E-state index contributed by atoms with van der Waals surface area (Å²) >= 11 is 5.80. The lowest BCUT2D eigenvalue weighted by Crippen LogP contribution is -2.16. The molecule has 1 aliphatic carbocycles. The highest BCUT2D eigenvalue weighted by molar-refractivity contribution is 6.28. The fourth-order valence-corrected chi connectivity index (χ4v) is 1.33. The molecule has 1 N–H and O–H groups in total. The van der Waals surface area contributed by atoms with Gasteiger partial charge in [0.1, 0.15) is 0 Å². The lowest BCUT2D eigenvalue weighted by molar-refractivity contribution is 0.862. The first-order valence-corrected chi connectivity index (χ1v) is 5.35. The Morgan fingerprint density at radius 1 is 1.33 bits per heavy atom. The second-order valence-electron chi connectivity index (χ2n) is 3.95. The fraction of sp³-hybridized carbons (Fsp3) is 0.667. The maximum Gasteiger partial charge on any atom is 0.230 e. The Hall–Kier alpha value is -1.10. The van der Waals surface area contributed by atoms with Gasteiger partial charge >= 0.3 is 0 Å². The summed E-state index contributed by atoms with van der Waals surface area (Å²) in [5.41, 5.74) is 0. The molecule has 0 atom stereocenters. The van der Waals surface area contributed by atoms with Crippen LogP contribution in [0.25, 0.3) is 0 Å². The van der Waals surface area contributed by atoms with Crippen LogP contribution in [-0.2, 0) is 0 Å². The Labute approximate surface area is 93.9 Å². The molecule has 1 aliphatic rings. The first kappa shape index (κ1) is 10.4. The van der Waals surface area contributed by atoms with Crippen molar-refractivity contribution in [1.29, 1.82) is 0 Å². The van der Waals surface area contributed by atoms with E-state index in [-0.39, 0.29) is 5.28 Å². The first-order valence-electron chi connectivity index (χ1n) is 4.98. The lowest BCUT2D eigenvalue weighted by Gasteiger charge is -2.11. The topological polar surface area (TPSA) is 53.9 Å². The number of nitrogens with one attached hydrogen (secondary N) is 1. The van der Waals surface area contributed by atoms with Gasteiger partial charge in [0.2, 0.25) is 17.2 Å². The Balaban J connectivity index is 2.07. The van der Waals surface area contributed by atoms with E-state index in [1.807, 2.05) is 14.1 Å². The van der Waals surface area contributed by atoms with Crippen LogP contribution >= 0.6 is 11.6 Å². The molecular weight excluding hydrogens is 214 g/mol. The van der Waals surface area contributed by atoms with Gasteiger partial charge in [0, 0.05) is 20.6 Å². The maximum absolute atomic E-state index is 5.80. The quantitative estimate of drug-likeness (QED) is 0.843. The minimum atomic E-state index is 0.229. The van der Waals surface area contributed by atoms with Crippen LogP contribution in [0.4, 0.5) is 11.9 Å². The van der Waals surface area contributed by atoms with Crippen molar-refractivity contribution in [2.75, 3.05) is 30.9 Å². The average Bonchev–Trinajstić information content (AvgIpc) is 2.97. The number of aromatic nitrogens is 3. The summed E-state index contributed by atoms with van der Waals surface area (Å²) in [5, 5.41) is 3.40. The number of hydrogen-bond donors (Lipinski definition) is 1. The summed E-state index contributed by atoms with van der Waals surface area (Å²) < 4.78 is 0. The molecule has 82 valence electrons. The summed E-state index contributed by atoms with van der Waals surface area (Å²) in [5.74, 6) is 1.92. The van der Waals surface area contributed by atoms with Crippen LogP contribution in [0, 0.1) is 5.92 Å². The average molecular weight is 228 g/mol. The van der Waals surface area contributed by atoms with Gasteiger partial charge in [-0.2, -0.15) is 15.0 Å². The van der Waals surface area contributed by atoms with Crippen molar-refractivity contribution < 1.29 is 0 Å². The number of rotatable bonds is 4. The fourth-order valence-electron chi connectivity index (χ4n) is 1.18. The Kier molecular flexibility index (Phi) is 2.90. The van der Waals surface area contributed by atoms with Crippen LogP contribution in [0.1, 0.15) is 12.8 Å². The van der Waals surface area contributed by atoms with E-state index in [0.29, 0.717) is 11.9 Å². The zero-order valence-corrected chi connectivity index (χ0v) is 9.62. The van der Waals surface area contributed by atoms with Crippen molar-refractivity contribution in [3.63, 3.8) is 0 Å². The van der Waals surface area contributed by atoms with E-state index in [4.69, 9.17) is 11.6 Å². The van der Waals surface area contributed by atoms with Crippen molar-refractivity contribution in [1.82, 2.24) is 15.0 Å². The van der Waals surface area contributed by atoms with Crippen LogP contribution in [0.5, 0.6) is 0 Å². The van der Waals surface area contributed by atoms with Crippen molar-refractivity contribution in [3.05, 3.63) is 5.28 Å². The zero-order chi connectivity index (χ0) is 10.8. The van der Waals surface area contributed by atoms with Gasteiger partial charge in [0.05, 0.1) is 0 Å². The van der Waals surface area contributed by atoms with E-state index < -0.39 is 0 Å². The molecule has 6 heteroatoms. The summed E-state index contributed by atoms with van der Waals surface area (Å²) in [4.78, 5) is 14.1. The van der Waals surface area contributed by atoms with Crippen molar-refractivity contribution in [3.8, 4) is 0 Å². The number of halogens is 1. The Morgan fingerprint density at radius 3 is 2.67 bits per heavy atom. The molecule has 0 amide bonds. The van der Waals surface area contributed by atoms with E-state index in [2.05, 4.69) is 20.3 Å². The number of hydrogen-bond acceptors (Lipinski definition) is 5. The number of anilines is 2. The van der Waals surface area contributed by atoms with Crippen molar-refractivity contribution in [2.45, 2.75) is 12.8 Å². The summed E-state index contributed by atoms with van der Waals surface area (Å²) in [7, 11) is 3.74. The molecule has 0 aliphatic heterocycles.